The van der Waals surface area contributed by atoms with Crippen molar-refractivity contribution in [3.05, 3.63) is 83.2 Å². The molecule has 9 nitrogen and oxygen atoms in total. The Morgan fingerprint density at radius 2 is 1.67 bits per heavy atom. The molecule has 4 aliphatic heterocycles. The van der Waals surface area contributed by atoms with E-state index in [2.05, 4.69) is 81.0 Å². The fourth-order valence-corrected chi connectivity index (χ4v) is 11.2. The number of amides is 1. The van der Waals surface area contributed by atoms with Gasteiger partial charge < -0.3 is 35.1 Å². The number of imidazole rings is 1. The zero-order chi connectivity index (χ0) is 36.0. The van der Waals surface area contributed by atoms with Crippen LogP contribution in [0.1, 0.15) is 67.2 Å². The molecule has 276 valence electrons. The standard InChI is InChI=1S/C40H51F2N7O2Si/c1-51-24-26-19-38(44-25-50)48(23-26)29-9-6-27(7-10-29)36-12-13-37(28-8-11-33-35(20-28)46-40(45-33)34-5-4-14-43-34)49(36)30-21-31(41)39(32(42)22-30)47-15-17-52(2,3)18-16-47/h6-11,20-22,25-26,34,36-38,43H,4-5,12-19,23-24H2,1-3H3,(H,44,50)(H,45,46)/t26-,34-,36+,37+,38-/m0/s1. The van der Waals surface area contributed by atoms with Crippen molar-refractivity contribution in [1.82, 2.24) is 20.6 Å². The number of aromatic nitrogens is 2. The number of benzene rings is 3. The van der Waals surface area contributed by atoms with Gasteiger partial charge in [-0.2, -0.15) is 0 Å². The second kappa shape index (κ2) is 14.4. The van der Waals surface area contributed by atoms with Gasteiger partial charge in [0.05, 0.1) is 43.8 Å². The molecule has 52 heavy (non-hydrogen) atoms. The number of carbonyl (C=O) groups is 1. The highest BCUT2D eigenvalue weighted by atomic mass is 28.3. The summed E-state index contributed by atoms with van der Waals surface area (Å²) in [6.45, 7) is 8.53. The van der Waals surface area contributed by atoms with Gasteiger partial charge in [0.1, 0.15) is 17.7 Å². The van der Waals surface area contributed by atoms with E-state index in [0.29, 0.717) is 31.3 Å². The quantitative estimate of drug-likeness (QED) is 0.116. The average Bonchev–Trinajstić information content (AvgIpc) is 3.95. The fraction of sp³-hybridized carbons (Fsp3) is 0.500. The van der Waals surface area contributed by atoms with E-state index in [-0.39, 0.29) is 30.0 Å². The molecule has 4 aliphatic rings. The SMILES string of the molecule is COC[C@H]1C[C@@H](NC=O)N(c2ccc([C@H]3CC[C@H](c4ccc5nc([C@@H]6CCCN6)[nH]c5c4)N3c3cc(F)c(N4CC[Si](C)(C)CC4)c(F)c3)cc2)C1. The zero-order valence-corrected chi connectivity index (χ0v) is 31.5. The molecule has 3 aromatic carbocycles. The molecule has 4 saturated heterocycles. The Labute approximate surface area is 306 Å². The number of ether oxygens (including phenoxy) is 1. The van der Waals surface area contributed by atoms with Crippen molar-refractivity contribution < 1.29 is 18.3 Å². The number of methoxy groups -OCH3 is 1. The Hall–Kier alpha value is -4.00. The number of rotatable bonds is 10. The lowest BCUT2D eigenvalue weighted by Gasteiger charge is -2.38. The van der Waals surface area contributed by atoms with E-state index in [9.17, 15) is 4.79 Å². The predicted octanol–water partition coefficient (Wildman–Crippen LogP) is 7.42. The highest BCUT2D eigenvalue weighted by Crippen LogP contribution is 2.49. The maximum atomic E-state index is 16.2. The monoisotopic (exact) mass is 727 g/mol. The number of fused-ring (bicyclic) bond motifs is 1. The number of nitrogens with one attached hydrogen (secondary N) is 3. The summed E-state index contributed by atoms with van der Waals surface area (Å²) in [7, 11) is 0.395. The van der Waals surface area contributed by atoms with Crippen LogP contribution in [0.2, 0.25) is 25.2 Å². The molecule has 8 rings (SSSR count). The lowest BCUT2D eigenvalue weighted by Crippen LogP contribution is -2.43. The second-order valence-corrected chi connectivity index (χ2v) is 21.4. The molecule has 0 bridgehead atoms. The van der Waals surface area contributed by atoms with E-state index in [4.69, 9.17) is 9.72 Å². The van der Waals surface area contributed by atoms with Crippen molar-refractivity contribution in [2.75, 3.05) is 54.6 Å². The van der Waals surface area contributed by atoms with E-state index in [1.807, 2.05) is 4.90 Å². The number of aromatic amines is 1. The third-order valence-corrected chi connectivity index (χ3v) is 15.2. The first-order valence-corrected chi connectivity index (χ1v) is 22.4. The number of hydrogen-bond donors (Lipinski definition) is 3. The molecule has 0 spiro atoms. The topological polar surface area (TPSA) is 88.8 Å². The van der Waals surface area contributed by atoms with Gasteiger partial charge in [0, 0.05) is 44.0 Å². The molecule has 1 aromatic heterocycles. The van der Waals surface area contributed by atoms with Crippen LogP contribution in [0.3, 0.4) is 0 Å². The molecule has 1 amide bonds. The summed E-state index contributed by atoms with van der Waals surface area (Å²) in [6, 6.07) is 20.1. The molecule has 0 unspecified atom stereocenters. The molecule has 0 aliphatic carbocycles. The van der Waals surface area contributed by atoms with Crippen molar-refractivity contribution in [2.45, 2.75) is 81.6 Å². The van der Waals surface area contributed by atoms with Crippen molar-refractivity contribution in [2.24, 2.45) is 5.92 Å². The first kappa shape index (κ1) is 35.0. The second-order valence-electron chi connectivity index (χ2n) is 16.1. The molecule has 12 heteroatoms. The highest BCUT2D eigenvalue weighted by molar-refractivity contribution is 6.77. The van der Waals surface area contributed by atoms with Crippen LogP contribution in [-0.4, -0.2) is 70.5 Å². The number of carbonyl (C=O) groups excluding carboxylic acids is 1. The van der Waals surface area contributed by atoms with Crippen molar-refractivity contribution in [3.63, 3.8) is 0 Å². The molecule has 0 saturated carbocycles. The number of anilines is 3. The molecule has 5 heterocycles. The predicted molar refractivity (Wildman–Crippen MR) is 206 cm³/mol. The van der Waals surface area contributed by atoms with E-state index >= 15 is 8.78 Å². The highest BCUT2D eigenvalue weighted by Gasteiger charge is 2.38. The number of H-pyrrole nitrogens is 1. The Morgan fingerprint density at radius 1 is 0.962 bits per heavy atom. The Bertz CT molecular complexity index is 1870. The lowest BCUT2D eigenvalue weighted by atomic mass is 10.0. The van der Waals surface area contributed by atoms with E-state index in [1.54, 1.807) is 19.2 Å². The largest absolute Gasteiger partial charge is 0.384 e. The molecule has 0 radical (unpaired) electrons. The van der Waals surface area contributed by atoms with Gasteiger partial charge in [0.15, 0.2) is 11.6 Å². The van der Waals surface area contributed by atoms with Gasteiger partial charge in [-0.1, -0.05) is 31.3 Å². The van der Waals surface area contributed by atoms with Crippen molar-refractivity contribution >= 4 is 42.6 Å². The van der Waals surface area contributed by atoms with E-state index < -0.39 is 19.7 Å². The van der Waals surface area contributed by atoms with Crippen LogP contribution in [-0.2, 0) is 9.53 Å². The van der Waals surface area contributed by atoms with Crippen LogP contribution >= 0.6 is 0 Å². The van der Waals surface area contributed by atoms with Crippen LogP contribution in [0.5, 0.6) is 0 Å². The Morgan fingerprint density at radius 3 is 2.35 bits per heavy atom. The van der Waals surface area contributed by atoms with Gasteiger partial charge >= 0.3 is 0 Å². The minimum Gasteiger partial charge on any atom is -0.384 e. The fourth-order valence-electron chi connectivity index (χ4n) is 9.19. The molecular formula is C40H51F2N7O2Si. The maximum Gasteiger partial charge on any atom is 0.208 e. The molecular weight excluding hydrogens is 677 g/mol. The summed E-state index contributed by atoms with van der Waals surface area (Å²) >= 11 is 0. The number of halogens is 2. The van der Waals surface area contributed by atoms with Gasteiger partial charge in [-0.25, -0.2) is 13.8 Å². The summed E-state index contributed by atoms with van der Waals surface area (Å²) in [5.74, 6) is 0.285. The van der Waals surface area contributed by atoms with Gasteiger partial charge in [-0.05, 0) is 98.3 Å². The first-order valence-electron chi connectivity index (χ1n) is 19.0. The average molecular weight is 728 g/mol. The smallest absolute Gasteiger partial charge is 0.208 e. The molecule has 4 aromatic rings. The van der Waals surface area contributed by atoms with Gasteiger partial charge in [-0.15, -0.1) is 0 Å². The lowest BCUT2D eigenvalue weighted by molar-refractivity contribution is -0.110. The minimum atomic E-state index is -1.31. The first-order chi connectivity index (χ1) is 25.2. The summed E-state index contributed by atoms with van der Waals surface area (Å²) in [4.78, 5) is 26.3. The Balaban J connectivity index is 1.13. The molecule has 5 atom stereocenters. The summed E-state index contributed by atoms with van der Waals surface area (Å²) in [5, 5.41) is 6.51. The van der Waals surface area contributed by atoms with Crippen molar-refractivity contribution in [1.29, 1.82) is 0 Å². The van der Waals surface area contributed by atoms with Gasteiger partial charge in [0.2, 0.25) is 6.41 Å². The number of hydrogen-bond acceptors (Lipinski definition) is 7. The summed E-state index contributed by atoms with van der Waals surface area (Å²) in [5.41, 5.74) is 5.77. The van der Waals surface area contributed by atoms with Crippen molar-refractivity contribution in [3.8, 4) is 0 Å². The van der Waals surface area contributed by atoms with Gasteiger partial charge in [-0.3, -0.25) is 4.79 Å². The van der Waals surface area contributed by atoms with Crippen LogP contribution in [0, 0.1) is 17.6 Å². The Kier molecular flexibility index (Phi) is 9.73. The minimum absolute atomic E-state index is 0.0913. The maximum absolute atomic E-state index is 16.2. The van der Waals surface area contributed by atoms with Crippen LogP contribution < -0.4 is 25.3 Å². The third-order valence-electron chi connectivity index (χ3n) is 12.1. The third kappa shape index (κ3) is 6.80. The van der Waals surface area contributed by atoms with E-state index in [0.717, 1.165) is 97.4 Å². The molecule has 4 fully saturated rings. The summed E-state index contributed by atoms with van der Waals surface area (Å²) < 4.78 is 37.8. The molecule has 3 N–H and O–H groups in total. The number of nitrogens with zero attached hydrogens (tertiary/aromatic N) is 4. The van der Waals surface area contributed by atoms with Crippen LogP contribution in [0.15, 0.2) is 54.6 Å². The van der Waals surface area contributed by atoms with Crippen LogP contribution in [0.25, 0.3) is 11.0 Å². The van der Waals surface area contributed by atoms with Gasteiger partial charge in [0.25, 0.3) is 0 Å². The normalized spacial score (nSPS) is 26.1. The van der Waals surface area contributed by atoms with Crippen LogP contribution in [0.4, 0.5) is 25.8 Å². The van der Waals surface area contributed by atoms with E-state index in [1.165, 1.54) is 0 Å². The summed E-state index contributed by atoms with van der Waals surface area (Å²) in [6.07, 6.45) is 5.34. The zero-order valence-electron chi connectivity index (χ0n) is 30.5.